The van der Waals surface area contributed by atoms with Crippen LogP contribution in [0.3, 0.4) is 0 Å². The van der Waals surface area contributed by atoms with E-state index in [-0.39, 0.29) is 28.2 Å². The van der Waals surface area contributed by atoms with Crippen molar-refractivity contribution in [2.24, 2.45) is 0 Å². The molecule has 0 aliphatic rings. The molecule has 102 valence electrons. The number of hydrogen-bond donors (Lipinski definition) is 4. The van der Waals surface area contributed by atoms with Crippen LogP contribution in [-0.4, -0.2) is 26.4 Å². The van der Waals surface area contributed by atoms with E-state index in [1.54, 1.807) is 6.92 Å². The molecular weight excluding hydrogens is 264 g/mol. The van der Waals surface area contributed by atoms with Gasteiger partial charge in [0.05, 0.1) is 0 Å². The summed E-state index contributed by atoms with van der Waals surface area (Å²) in [4.78, 5) is 11.2. The topological polar surface area (TPSA) is 111 Å². The molecule has 0 atom stereocenters. The number of phenolic OH excluding ortho intramolecular Hbond substituents is 3. The summed E-state index contributed by atoms with van der Waals surface area (Å²) in [5.41, 5.74) is 0.408. The second kappa shape index (κ2) is 3.80. The van der Waals surface area contributed by atoms with Gasteiger partial charge in [-0.2, -0.15) is 0 Å². The number of carbonyl (C=O) groups is 1. The van der Waals surface area contributed by atoms with Gasteiger partial charge in [0.1, 0.15) is 16.9 Å². The predicted octanol–water partition coefficient (Wildman–Crippen LogP) is 2.71. The maximum absolute atomic E-state index is 11.2. The van der Waals surface area contributed by atoms with E-state index in [1.807, 2.05) is 0 Å². The highest BCUT2D eigenvalue weighted by atomic mass is 16.4. The van der Waals surface area contributed by atoms with Crippen LogP contribution in [-0.2, 0) is 0 Å². The van der Waals surface area contributed by atoms with Crippen molar-refractivity contribution in [2.75, 3.05) is 0 Å². The van der Waals surface area contributed by atoms with Crippen LogP contribution in [0.1, 0.15) is 15.9 Å². The fourth-order valence-electron chi connectivity index (χ4n) is 2.36. The first-order chi connectivity index (χ1) is 9.40. The second-order valence-electron chi connectivity index (χ2n) is 4.54. The molecule has 0 saturated carbocycles. The minimum Gasteiger partial charge on any atom is -0.508 e. The molecule has 0 unspecified atom stereocenters. The molecule has 0 bridgehead atoms. The van der Waals surface area contributed by atoms with Crippen molar-refractivity contribution in [3.8, 4) is 17.2 Å². The molecule has 0 fully saturated rings. The van der Waals surface area contributed by atoms with Gasteiger partial charge < -0.3 is 24.8 Å². The summed E-state index contributed by atoms with van der Waals surface area (Å²) in [6.07, 6.45) is 0. The summed E-state index contributed by atoms with van der Waals surface area (Å²) in [5.74, 6) is -2.29. The van der Waals surface area contributed by atoms with Gasteiger partial charge in [0.2, 0.25) is 5.75 Å². The van der Waals surface area contributed by atoms with E-state index in [1.165, 1.54) is 12.1 Å². The Kier molecular flexibility index (Phi) is 2.31. The molecule has 1 aromatic heterocycles. The molecule has 1 heterocycles. The number of benzene rings is 2. The number of aromatic hydroxyl groups is 3. The molecule has 0 radical (unpaired) electrons. The standard InChI is InChI=1S/C14H10O6/c1-5-2-9(16)11(17)13-10(5)7-3-6(15)4-8(14(18)19)12(7)20-13/h2-4,15-17H,1H3,(H,18,19). The third kappa shape index (κ3) is 1.48. The monoisotopic (exact) mass is 274 g/mol. The summed E-state index contributed by atoms with van der Waals surface area (Å²) in [5, 5.41) is 39.0. The van der Waals surface area contributed by atoms with E-state index >= 15 is 0 Å². The Balaban J connectivity index is 2.62. The zero-order chi connectivity index (χ0) is 14.6. The Hall–Kier alpha value is -2.89. The lowest BCUT2D eigenvalue weighted by molar-refractivity contribution is 0.0697. The van der Waals surface area contributed by atoms with Gasteiger partial charge in [0.25, 0.3) is 0 Å². The summed E-state index contributed by atoms with van der Waals surface area (Å²) in [7, 11) is 0. The Morgan fingerprint density at radius 1 is 1.10 bits per heavy atom. The summed E-state index contributed by atoms with van der Waals surface area (Å²) >= 11 is 0. The maximum Gasteiger partial charge on any atom is 0.339 e. The third-order valence-corrected chi connectivity index (χ3v) is 3.21. The average molecular weight is 274 g/mol. The van der Waals surface area contributed by atoms with E-state index in [0.29, 0.717) is 16.3 Å². The highest BCUT2D eigenvalue weighted by molar-refractivity contribution is 6.14. The fourth-order valence-corrected chi connectivity index (χ4v) is 2.36. The average Bonchev–Trinajstić information content (AvgIpc) is 2.74. The van der Waals surface area contributed by atoms with Crippen molar-refractivity contribution in [3.05, 3.63) is 29.3 Å². The van der Waals surface area contributed by atoms with Crippen LogP contribution in [0.25, 0.3) is 21.9 Å². The SMILES string of the molecule is Cc1cc(O)c(O)c2oc3c(C(=O)O)cc(O)cc3c12. The molecule has 6 nitrogen and oxygen atoms in total. The molecule has 2 aromatic carbocycles. The number of hydrogen-bond acceptors (Lipinski definition) is 5. The zero-order valence-corrected chi connectivity index (χ0v) is 10.3. The quantitative estimate of drug-likeness (QED) is 0.508. The first-order valence-corrected chi connectivity index (χ1v) is 5.74. The van der Waals surface area contributed by atoms with E-state index in [4.69, 9.17) is 9.52 Å². The predicted molar refractivity (Wildman–Crippen MR) is 70.4 cm³/mol. The van der Waals surface area contributed by atoms with Crippen molar-refractivity contribution in [1.82, 2.24) is 0 Å². The second-order valence-corrected chi connectivity index (χ2v) is 4.54. The number of phenols is 3. The summed E-state index contributed by atoms with van der Waals surface area (Å²) in [6.45, 7) is 1.68. The number of aryl methyl sites for hydroxylation is 1. The number of rotatable bonds is 1. The van der Waals surface area contributed by atoms with Crippen LogP contribution in [0, 0.1) is 6.92 Å². The lowest BCUT2D eigenvalue weighted by Crippen LogP contribution is -1.96. The molecule has 3 rings (SSSR count). The van der Waals surface area contributed by atoms with Gasteiger partial charge in [-0.05, 0) is 30.7 Å². The van der Waals surface area contributed by atoms with E-state index in [2.05, 4.69) is 0 Å². The molecule has 0 spiro atoms. The molecule has 0 aliphatic carbocycles. The first kappa shape index (κ1) is 12.2. The van der Waals surface area contributed by atoms with Crippen LogP contribution in [0.4, 0.5) is 0 Å². The molecule has 20 heavy (non-hydrogen) atoms. The van der Waals surface area contributed by atoms with Gasteiger partial charge in [0, 0.05) is 10.8 Å². The Bertz CT molecular complexity index is 875. The Morgan fingerprint density at radius 2 is 1.80 bits per heavy atom. The van der Waals surface area contributed by atoms with Gasteiger partial charge in [-0.3, -0.25) is 0 Å². The Labute approximate surface area is 112 Å². The van der Waals surface area contributed by atoms with Crippen molar-refractivity contribution in [2.45, 2.75) is 6.92 Å². The van der Waals surface area contributed by atoms with Crippen LogP contribution in [0.15, 0.2) is 22.6 Å². The number of furan rings is 1. The highest BCUT2D eigenvalue weighted by Crippen LogP contribution is 2.43. The lowest BCUT2D eigenvalue weighted by Gasteiger charge is -2.01. The molecule has 4 N–H and O–H groups in total. The number of carboxylic acids is 1. The maximum atomic E-state index is 11.2. The van der Waals surface area contributed by atoms with Crippen molar-refractivity contribution in [1.29, 1.82) is 0 Å². The van der Waals surface area contributed by atoms with Gasteiger partial charge in [0.15, 0.2) is 11.3 Å². The van der Waals surface area contributed by atoms with Crippen molar-refractivity contribution in [3.63, 3.8) is 0 Å². The van der Waals surface area contributed by atoms with Gasteiger partial charge in [-0.15, -0.1) is 0 Å². The molecule has 6 heteroatoms. The number of fused-ring (bicyclic) bond motifs is 3. The largest absolute Gasteiger partial charge is 0.508 e. The van der Waals surface area contributed by atoms with Crippen molar-refractivity contribution >= 4 is 27.9 Å². The van der Waals surface area contributed by atoms with Crippen LogP contribution in [0.2, 0.25) is 0 Å². The zero-order valence-electron chi connectivity index (χ0n) is 10.3. The highest BCUT2D eigenvalue weighted by Gasteiger charge is 2.21. The fraction of sp³-hybridized carbons (Fsp3) is 0.0714. The molecular formula is C14H10O6. The smallest absolute Gasteiger partial charge is 0.339 e. The molecule has 3 aromatic rings. The first-order valence-electron chi connectivity index (χ1n) is 5.74. The van der Waals surface area contributed by atoms with Gasteiger partial charge in [-0.1, -0.05) is 0 Å². The molecule has 0 aliphatic heterocycles. The van der Waals surface area contributed by atoms with Crippen LogP contribution < -0.4 is 0 Å². The lowest BCUT2D eigenvalue weighted by atomic mass is 10.0. The number of aromatic carboxylic acids is 1. The molecule has 0 amide bonds. The van der Waals surface area contributed by atoms with E-state index in [9.17, 15) is 20.1 Å². The normalized spacial score (nSPS) is 11.2. The summed E-state index contributed by atoms with van der Waals surface area (Å²) < 4.78 is 5.39. The van der Waals surface area contributed by atoms with E-state index < -0.39 is 11.7 Å². The molecule has 0 saturated heterocycles. The van der Waals surface area contributed by atoms with Gasteiger partial charge >= 0.3 is 5.97 Å². The van der Waals surface area contributed by atoms with Crippen LogP contribution in [0.5, 0.6) is 17.2 Å². The number of carboxylic acid groups (broad SMARTS) is 1. The van der Waals surface area contributed by atoms with Crippen LogP contribution >= 0.6 is 0 Å². The van der Waals surface area contributed by atoms with Crippen molar-refractivity contribution < 1.29 is 29.6 Å². The minimum absolute atomic E-state index is 0.00870. The summed E-state index contributed by atoms with van der Waals surface area (Å²) in [6, 6.07) is 3.77. The van der Waals surface area contributed by atoms with E-state index in [0.717, 1.165) is 6.07 Å². The van der Waals surface area contributed by atoms with Gasteiger partial charge in [-0.25, -0.2) is 4.79 Å². The Morgan fingerprint density at radius 3 is 2.45 bits per heavy atom. The third-order valence-electron chi connectivity index (χ3n) is 3.21. The minimum atomic E-state index is -1.26.